The van der Waals surface area contributed by atoms with Gasteiger partial charge >= 0.3 is 5.69 Å². The van der Waals surface area contributed by atoms with E-state index in [0.717, 1.165) is 32.4 Å². The van der Waals surface area contributed by atoms with Crippen LogP contribution in [-0.2, 0) is 0 Å². The third-order valence-electron chi connectivity index (χ3n) is 3.91. The van der Waals surface area contributed by atoms with E-state index in [1.165, 1.54) is 0 Å². The fourth-order valence-corrected chi connectivity index (χ4v) is 2.77. The molecular formula is C14H23N5O2. The summed E-state index contributed by atoms with van der Waals surface area (Å²) in [5.41, 5.74) is 0.312. The molecule has 7 heteroatoms. The molecule has 116 valence electrons. The number of aromatic nitrogens is 2. The number of anilines is 2. The topological polar surface area (TPSA) is 84.2 Å². The molecule has 0 radical (unpaired) electrons. The highest BCUT2D eigenvalue weighted by molar-refractivity contribution is 5.64. The number of rotatable bonds is 5. The normalized spacial score (nSPS) is 17.0. The van der Waals surface area contributed by atoms with Crippen LogP contribution in [0.1, 0.15) is 45.7 Å². The molecule has 2 heterocycles. The van der Waals surface area contributed by atoms with Crippen molar-refractivity contribution in [2.24, 2.45) is 0 Å². The average molecular weight is 293 g/mol. The van der Waals surface area contributed by atoms with Crippen molar-refractivity contribution in [1.82, 2.24) is 9.97 Å². The largest absolute Gasteiger partial charge is 0.354 e. The van der Waals surface area contributed by atoms with E-state index in [1.54, 1.807) is 6.92 Å². The number of hydrogen-bond acceptors (Lipinski definition) is 6. The van der Waals surface area contributed by atoms with Gasteiger partial charge in [0.15, 0.2) is 0 Å². The van der Waals surface area contributed by atoms with Crippen LogP contribution >= 0.6 is 0 Å². The summed E-state index contributed by atoms with van der Waals surface area (Å²) in [4.78, 5) is 21.7. The Hall–Kier alpha value is -1.92. The van der Waals surface area contributed by atoms with Gasteiger partial charge < -0.3 is 10.2 Å². The molecular weight excluding hydrogens is 270 g/mol. The monoisotopic (exact) mass is 293 g/mol. The second kappa shape index (κ2) is 5.83. The summed E-state index contributed by atoms with van der Waals surface area (Å²) in [6.07, 6.45) is 2.97. The van der Waals surface area contributed by atoms with E-state index >= 15 is 0 Å². The Balaban J connectivity index is 2.49. The van der Waals surface area contributed by atoms with Crippen LogP contribution in [0.2, 0.25) is 0 Å². The molecule has 0 spiro atoms. The molecule has 1 aromatic heterocycles. The van der Waals surface area contributed by atoms with Crippen molar-refractivity contribution in [3.63, 3.8) is 0 Å². The minimum absolute atomic E-state index is 0.0204. The van der Waals surface area contributed by atoms with Crippen molar-refractivity contribution < 1.29 is 4.92 Å². The van der Waals surface area contributed by atoms with Crippen LogP contribution in [-0.4, -0.2) is 33.5 Å². The lowest BCUT2D eigenvalue weighted by Crippen LogP contribution is -2.39. The number of nitro groups is 1. The van der Waals surface area contributed by atoms with Crippen LogP contribution in [0, 0.1) is 17.0 Å². The lowest BCUT2D eigenvalue weighted by atomic mass is 10.0. The zero-order valence-corrected chi connectivity index (χ0v) is 13.1. The lowest BCUT2D eigenvalue weighted by molar-refractivity contribution is -0.385. The summed E-state index contributed by atoms with van der Waals surface area (Å²) in [7, 11) is 0. The highest BCUT2D eigenvalue weighted by Crippen LogP contribution is 2.38. The van der Waals surface area contributed by atoms with Crippen molar-refractivity contribution in [3.8, 4) is 0 Å². The summed E-state index contributed by atoms with van der Waals surface area (Å²) < 4.78 is 0. The van der Waals surface area contributed by atoms with Gasteiger partial charge in [0.25, 0.3) is 0 Å². The van der Waals surface area contributed by atoms with Gasteiger partial charge in [0.05, 0.1) is 4.92 Å². The van der Waals surface area contributed by atoms with E-state index in [2.05, 4.69) is 36.1 Å². The molecule has 2 rings (SSSR count). The standard InChI is InChI=1S/C14H23N5O2/c1-5-8-15-13-16-10(2)11(19(20)21)12(17-13)18-9-6-7-14(18,3)4/h5-9H2,1-4H3,(H,15,16,17). The number of aryl methyl sites for hydroxylation is 1. The molecule has 7 nitrogen and oxygen atoms in total. The van der Waals surface area contributed by atoms with Crippen LogP contribution in [0.5, 0.6) is 0 Å². The molecule has 1 fully saturated rings. The Morgan fingerprint density at radius 2 is 2.14 bits per heavy atom. The van der Waals surface area contributed by atoms with Gasteiger partial charge in [-0.2, -0.15) is 4.98 Å². The zero-order chi connectivity index (χ0) is 15.6. The summed E-state index contributed by atoms with van der Waals surface area (Å²) in [6, 6.07) is 0. The molecule has 0 aromatic carbocycles. The predicted octanol–water partition coefficient (Wildman–Crippen LogP) is 2.89. The van der Waals surface area contributed by atoms with Gasteiger partial charge in [0.1, 0.15) is 5.69 Å². The molecule has 1 aliphatic rings. The third kappa shape index (κ3) is 3.06. The molecule has 0 saturated carbocycles. The first-order valence-corrected chi connectivity index (χ1v) is 7.41. The van der Waals surface area contributed by atoms with Crippen LogP contribution in [0.3, 0.4) is 0 Å². The van der Waals surface area contributed by atoms with E-state index in [1.807, 2.05) is 4.90 Å². The Labute approximate surface area is 124 Å². The number of hydrogen-bond donors (Lipinski definition) is 1. The summed E-state index contributed by atoms with van der Waals surface area (Å²) >= 11 is 0. The molecule has 0 amide bonds. The second-order valence-electron chi connectivity index (χ2n) is 6.06. The smallest absolute Gasteiger partial charge is 0.332 e. The zero-order valence-electron chi connectivity index (χ0n) is 13.1. The molecule has 0 unspecified atom stereocenters. The third-order valence-corrected chi connectivity index (χ3v) is 3.91. The van der Waals surface area contributed by atoms with Crippen molar-refractivity contribution >= 4 is 17.5 Å². The minimum atomic E-state index is -0.372. The van der Waals surface area contributed by atoms with E-state index in [-0.39, 0.29) is 16.1 Å². The highest BCUT2D eigenvalue weighted by Gasteiger charge is 2.38. The molecule has 1 aliphatic heterocycles. The Morgan fingerprint density at radius 1 is 1.43 bits per heavy atom. The van der Waals surface area contributed by atoms with Crippen LogP contribution in [0.4, 0.5) is 17.5 Å². The predicted molar refractivity (Wildman–Crippen MR) is 82.9 cm³/mol. The Bertz CT molecular complexity index is 544. The fraction of sp³-hybridized carbons (Fsp3) is 0.714. The SMILES string of the molecule is CCCNc1nc(C)c([N+](=O)[O-])c(N2CCCC2(C)C)n1. The average Bonchev–Trinajstić information content (AvgIpc) is 2.74. The van der Waals surface area contributed by atoms with Gasteiger partial charge in [-0.15, -0.1) is 0 Å². The number of nitrogens with one attached hydrogen (secondary N) is 1. The van der Waals surface area contributed by atoms with Crippen molar-refractivity contribution in [3.05, 3.63) is 15.8 Å². The molecule has 1 N–H and O–H groups in total. The fourth-order valence-electron chi connectivity index (χ4n) is 2.77. The Kier molecular flexibility index (Phi) is 4.29. The maximum atomic E-state index is 11.4. The lowest BCUT2D eigenvalue weighted by Gasteiger charge is -2.32. The van der Waals surface area contributed by atoms with Gasteiger partial charge in [-0.3, -0.25) is 10.1 Å². The maximum absolute atomic E-state index is 11.4. The van der Waals surface area contributed by atoms with E-state index in [9.17, 15) is 10.1 Å². The van der Waals surface area contributed by atoms with E-state index < -0.39 is 0 Å². The first-order chi connectivity index (χ1) is 9.86. The van der Waals surface area contributed by atoms with Crippen LogP contribution < -0.4 is 10.2 Å². The summed E-state index contributed by atoms with van der Waals surface area (Å²) in [5, 5.41) is 14.5. The summed E-state index contributed by atoms with van der Waals surface area (Å²) in [6.45, 7) is 9.46. The van der Waals surface area contributed by atoms with Crippen molar-refractivity contribution in [1.29, 1.82) is 0 Å². The molecule has 0 aliphatic carbocycles. The first-order valence-electron chi connectivity index (χ1n) is 7.41. The molecule has 0 bridgehead atoms. The molecule has 1 saturated heterocycles. The molecule has 0 atom stereocenters. The second-order valence-corrected chi connectivity index (χ2v) is 6.06. The van der Waals surface area contributed by atoms with Crippen molar-refractivity contribution in [2.75, 3.05) is 23.3 Å². The van der Waals surface area contributed by atoms with Crippen LogP contribution in [0.25, 0.3) is 0 Å². The van der Waals surface area contributed by atoms with Crippen molar-refractivity contribution in [2.45, 2.75) is 52.5 Å². The van der Waals surface area contributed by atoms with Gasteiger partial charge in [-0.1, -0.05) is 6.92 Å². The summed E-state index contributed by atoms with van der Waals surface area (Å²) in [5.74, 6) is 0.909. The first kappa shape index (κ1) is 15.5. The van der Waals surface area contributed by atoms with Gasteiger partial charge in [-0.05, 0) is 40.0 Å². The van der Waals surface area contributed by atoms with Crippen LogP contribution in [0.15, 0.2) is 0 Å². The Morgan fingerprint density at radius 3 is 2.67 bits per heavy atom. The number of nitrogens with zero attached hydrogens (tertiary/aromatic N) is 4. The minimum Gasteiger partial charge on any atom is -0.354 e. The van der Waals surface area contributed by atoms with Gasteiger partial charge in [-0.25, -0.2) is 4.98 Å². The molecule has 21 heavy (non-hydrogen) atoms. The van der Waals surface area contributed by atoms with Gasteiger partial charge in [0.2, 0.25) is 11.8 Å². The highest BCUT2D eigenvalue weighted by atomic mass is 16.6. The molecule has 1 aromatic rings. The van der Waals surface area contributed by atoms with E-state index in [4.69, 9.17) is 0 Å². The maximum Gasteiger partial charge on any atom is 0.332 e. The quantitative estimate of drug-likeness (QED) is 0.663. The van der Waals surface area contributed by atoms with Gasteiger partial charge in [0, 0.05) is 18.6 Å². The van der Waals surface area contributed by atoms with E-state index in [0.29, 0.717) is 17.5 Å².